The lowest BCUT2D eigenvalue weighted by Gasteiger charge is -2.15. The summed E-state index contributed by atoms with van der Waals surface area (Å²) in [4.78, 5) is 12.1. The van der Waals surface area contributed by atoms with Gasteiger partial charge in [0.05, 0.1) is 17.6 Å². The van der Waals surface area contributed by atoms with Gasteiger partial charge in [0.2, 0.25) is 0 Å². The minimum absolute atomic E-state index is 0.0593. The first kappa shape index (κ1) is 21.0. The number of alkyl halides is 6. The highest BCUT2D eigenvalue weighted by Gasteiger charge is 2.40. The maximum Gasteiger partial charge on any atom is 0.573 e. The lowest BCUT2D eigenvalue weighted by atomic mass is 10.3. The highest BCUT2D eigenvalue weighted by atomic mass is 19.4. The van der Waals surface area contributed by atoms with Gasteiger partial charge in [-0.15, -0.1) is 13.2 Å². The first-order valence-electron chi connectivity index (χ1n) is 8.09. The summed E-state index contributed by atoms with van der Waals surface area (Å²) in [7, 11) is 0. The minimum atomic E-state index is -5.04. The second kappa shape index (κ2) is 7.97. The summed E-state index contributed by atoms with van der Waals surface area (Å²) >= 11 is 0. The van der Waals surface area contributed by atoms with Crippen LogP contribution in [-0.2, 0) is 6.18 Å². The van der Waals surface area contributed by atoms with Crippen LogP contribution in [0.4, 0.5) is 36.8 Å². The fraction of sp³-hybridized carbons (Fsp3) is 0.111. The van der Waals surface area contributed by atoms with Gasteiger partial charge in [-0.05, 0) is 24.3 Å². The number of carbonyl (C=O) groups excluding carboxylic acids is 1. The maximum atomic E-state index is 13.5. The van der Waals surface area contributed by atoms with Gasteiger partial charge in [0, 0.05) is 0 Å². The number of para-hydroxylation sites is 3. The summed E-state index contributed by atoms with van der Waals surface area (Å²) in [5.74, 6) is -1.70. The van der Waals surface area contributed by atoms with Gasteiger partial charge in [0.1, 0.15) is 0 Å². The Morgan fingerprint density at radius 3 is 2.17 bits per heavy atom. The zero-order valence-corrected chi connectivity index (χ0v) is 14.7. The lowest BCUT2D eigenvalue weighted by molar-refractivity contribution is -0.274. The maximum absolute atomic E-state index is 13.5. The zero-order valence-electron chi connectivity index (χ0n) is 14.7. The van der Waals surface area contributed by atoms with E-state index in [0.717, 1.165) is 12.1 Å². The number of hydrogen-bond acceptors (Lipinski definition) is 4. The number of halogens is 6. The third kappa shape index (κ3) is 5.01. The molecule has 30 heavy (non-hydrogen) atoms. The number of amides is 1. The van der Waals surface area contributed by atoms with E-state index in [2.05, 4.69) is 14.6 Å². The van der Waals surface area contributed by atoms with Crippen molar-refractivity contribution in [2.45, 2.75) is 12.5 Å². The van der Waals surface area contributed by atoms with Crippen LogP contribution in [0.1, 0.15) is 5.69 Å². The fourth-order valence-electron chi connectivity index (χ4n) is 2.45. The van der Waals surface area contributed by atoms with E-state index >= 15 is 0 Å². The molecule has 0 bridgehead atoms. The Hall–Kier alpha value is -3.70. The molecule has 1 aromatic heterocycles. The van der Waals surface area contributed by atoms with Crippen LogP contribution >= 0.6 is 0 Å². The largest absolute Gasteiger partial charge is 0.573 e. The van der Waals surface area contributed by atoms with Crippen LogP contribution in [0.15, 0.2) is 60.8 Å². The van der Waals surface area contributed by atoms with E-state index in [0.29, 0.717) is 10.9 Å². The number of aromatic nitrogens is 2. The van der Waals surface area contributed by atoms with Crippen molar-refractivity contribution in [2.24, 2.45) is 0 Å². The molecule has 1 N–H and O–H groups in total. The summed E-state index contributed by atoms with van der Waals surface area (Å²) in [5.41, 5.74) is -1.77. The average Bonchev–Trinajstić information content (AvgIpc) is 3.07. The van der Waals surface area contributed by atoms with Gasteiger partial charge in [-0.2, -0.15) is 18.3 Å². The van der Waals surface area contributed by atoms with Gasteiger partial charge in [-0.25, -0.2) is 9.48 Å². The number of nitrogens with zero attached hydrogens (tertiary/aromatic N) is 2. The Balaban J connectivity index is 1.86. The van der Waals surface area contributed by atoms with E-state index in [1.807, 2.05) is 5.32 Å². The first-order chi connectivity index (χ1) is 14.0. The summed E-state index contributed by atoms with van der Waals surface area (Å²) in [6.07, 6.45) is -10.8. The molecule has 3 rings (SSSR count). The van der Waals surface area contributed by atoms with Crippen LogP contribution < -0.4 is 14.8 Å². The summed E-state index contributed by atoms with van der Waals surface area (Å²) in [5, 5.41) is 5.52. The van der Waals surface area contributed by atoms with Crippen LogP contribution in [0.3, 0.4) is 0 Å². The average molecular weight is 431 g/mol. The van der Waals surface area contributed by atoms with Crippen molar-refractivity contribution in [1.29, 1.82) is 0 Å². The summed E-state index contributed by atoms with van der Waals surface area (Å²) in [6, 6.07) is 11.7. The SMILES string of the molecule is O=C(Nc1ccccc1OC(F)(F)F)Oc1cnn(-c2ccccc2)c1C(F)(F)F. The topological polar surface area (TPSA) is 65.4 Å². The zero-order chi connectivity index (χ0) is 21.9. The highest BCUT2D eigenvalue weighted by molar-refractivity contribution is 5.88. The van der Waals surface area contributed by atoms with Gasteiger partial charge in [0.15, 0.2) is 17.2 Å². The van der Waals surface area contributed by atoms with Crippen molar-refractivity contribution >= 4 is 11.8 Å². The number of anilines is 1. The summed E-state index contributed by atoms with van der Waals surface area (Å²) < 4.78 is 86.9. The van der Waals surface area contributed by atoms with Crippen LogP contribution in [0.2, 0.25) is 0 Å². The first-order valence-corrected chi connectivity index (χ1v) is 8.09. The van der Waals surface area contributed by atoms with E-state index in [4.69, 9.17) is 0 Å². The smallest absolute Gasteiger partial charge is 0.406 e. The molecule has 0 spiro atoms. The molecular weight excluding hydrogens is 420 g/mol. The second-order valence-electron chi connectivity index (χ2n) is 5.66. The normalized spacial score (nSPS) is 11.8. The number of rotatable bonds is 4. The molecule has 12 heteroatoms. The molecule has 1 heterocycles. The third-order valence-electron chi connectivity index (χ3n) is 3.56. The summed E-state index contributed by atoms with van der Waals surface area (Å²) in [6.45, 7) is 0. The standard InChI is InChI=1S/C18H11F6N3O3/c19-17(20,21)15-14(10-25-27(15)11-6-2-1-3-7-11)29-16(28)26-12-8-4-5-9-13(12)30-18(22,23)24/h1-10H,(H,26,28). The van der Waals surface area contributed by atoms with Gasteiger partial charge in [-0.3, -0.25) is 5.32 Å². The number of hydrogen-bond donors (Lipinski definition) is 1. The van der Waals surface area contributed by atoms with Gasteiger partial charge >= 0.3 is 18.6 Å². The minimum Gasteiger partial charge on any atom is -0.406 e. The van der Waals surface area contributed by atoms with Crippen LogP contribution in [-0.4, -0.2) is 22.2 Å². The third-order valence-corrected chi connectivity index (χ3v) is 3.56. The molecule has 0 atom stereocenters. The predicted octanol–water partition coefficient (Wildman–Crippen LogP) is 5.40. The van der Waals surface area contributed by atoms with Gasteiger partial charge in [0.25, 0.3) is 0 Å². The van der Waals surface area contributed by atoms with E-state index in [1.165, 1.54) is 36.4 Å². The molecular formula is C18H11F6N3O3. The molecule has 0 saturated heterocycles. The Labute approximate surface area is 164 Å². The van der Waals surface area contributed by atoms with Crippen LogP contribution in [0.5, 0.6) is 11.5 Å². The molecule has 0 unspecified atom stereocenters. The molecule has 0 saturated carbocycles. The Kier molecular flexibility index (Phi) is 5.58. The Bertz CT molecular complexity index is 1030. The van der Waals surface area contributed by atoms with Crippen molar-refractivity contribution in [3.8, 4) is 17.2 Å². The number of ether oxygens (including phenoxy) is 2. The van der Waals surface area contributed by atoms with E-state index in [1.54, 1.807) is 6.07 Å². The molecule has 0 aliphatic rings. The van der Waals surface area contributed by atoms with Crippen molar-refractivity contribution in [2.75, 3.05) is 5.32 Å². The van der Waals surface area contributed by atoms with Crippen molar-refractivity contribution in [3.05, 3.63) is 66.5 Å². The Morgan fingerprint density at radius 2 is 1.53 bits per heavy atom. The fourth-order valence-corrected chi connectivity index (χ4v) is 2.45. The van der Waals surface area contributed by atoms with E-state index < -0.39 is 41.5 Å². The van der Waals surface area contributed by atoms with Crippen LogP contribution in [0.25, 0.3) is 5.69 Å². The molecule has 0 aliphatic heterocycles. The van der Waals surface area contributed by atoms with Crippen molar-refractivity contribution in [3.63, 3.8) is 0 Å². The molecule has 158 valence electrons. The predicted molar refractivity (Wildman–Crippen MR) is 91.3 cm³/mol. The van der Waals surface area contributed by atoms with Crippen molar-refractivity contribution in [1.82, 2.24) is 9.78 Å². The molecule has 0 radical (unpaired) electrons. The number of nitrogens with one attached hydrogen (secondary N) is 1. The van der Waals surface area contributed by atoms with E-state index in [9.17, 15) is 31.1 Å². The molecule has 0 aliphatic carbocycles. The quantitative estimate of drug-likeness (QED) is 0.562. The molecule has 0 fully saturated rings. The van der Waals surface area contributed by atoms with Gasteiger partial charge in [-0.1, -0.05) is 30.3 Å². The molecule has 2 aromatic carbocycles. The second-order valence-corrected chi connectivity index (χ2v) is 5.66. The highest BCUT2D eigenvalue weighted by Crippen LogP contribution is 2.38. The van der Waals surface area contributed by atoms with E-state index in [-0.39, 0.29) is 5.69 Å². The van der Waals surface area contributed by atoms with Crippen molar-refractivity contribution < 1.29 is 40.6 Å². The number of carbonyl (C=O) groups is 1. The van der Waals surface area contributed by atoms with Gasteiger partial charge < -0.3 is 9.47 Å². The monoisotopic (exact) mass is 431 g/mol. The number of benzene rings is 2. The Morgan fingerprint density at radius 1 is 0.900 bits per heavy atom. The molecule has 1 amide bonds. The lowest BCUT2D eigenvalue weighted by Crippen LogP contribution is -2.22. The van der Waals surface area contributed by atoms with Crippen LogP contribution in [0, 0.1) is 0 Å². The molecule has 3 aromatic rings. The molecule has 6 nitrogen and oxygen atoms in total.